The number of aliphatic hydroxyl groups is 1. The number of carbonyl (C=O) groups excluding carboxylic acids is 1. The Morgan fingerprint density at radius 1 is 1.05 bits per heavy atom. The second kappa shape index (κ2) is 8.99. The molecule has 2 heteroatoms. The lowest BCUT2D eigenvalue weighted by Crippen LogP contribution is -2.31. The molecule has 1 rings (SSSR count). The Kier molecular flexibility index (Phi) is 7.66. The summed E-state index contributed by atoms with van der Waals surface area (Å²) in [6.45, 7) is 5.32. The molecule has 0 amide bonds. The van der Waals surface area contributed by atoms with E-state index >= 15 is 0 Å². The molecule has 0 fully saturated rings. The first-order valence-electron chi connectivity index (χ1n) is 8.31. The van der Waals surface area contributed by atoms with Gasteiger partial charge in [0.15, 0.2) is 5.78 Å². The highest BCUT2D eigenvalue weighted by Gasteiger charge is 2.25. The normalized spacial score (nSPS) is 11.6. The fourth-order valence-electron chi connectivity index (χ4n) is 2.51. The summed E-state index contributed by atoms with van der Waals surface area (Å²) in [4.78, 5) is 12.0. The molecule has 0 unspecified atom stereocenters. The Morgan fingerprint density at radius 2 is 1.67 bits per heavy atom. The summed E-state index contributed by atoms with van der Waals surface area (Å²) in [6, 6.07) is 7.69. The van der Waals surface area contributed by atoms with Gasteiger partial charge in [-0.3, -0.25) is 4.79 Å². The molecule has 1 N–H and O–H groups in total. The van der Waals surface area contributed by atoms with Gasteiger partial charge in [-0.15, -0.1) is 0 Å². The van der Waals surface area contributed by atoms with Crippen molar-refractivity contribution in [1.82, 2.24) is 0 Å². The summed E-state index contributed by atoms with van der Waals surface area (Å²) < 4.78 is 0. The fraction of sp³-hybridized carbons (Fsp3) is 0.632. The van der Waals surface area contributed by atoms with Crippen LogP contribution in [0.25, 0.3) is 0 Å². The van der Waals surface area contributed by atoms with Crippen LogP contribution in [0.2, 0.25) is 0 Å². The molecular formula is C19H30O2. The number of rotatable bonds is 10. The highest BCUT2D eigenvalue weighted by atomic mass is 16.3. The zero-order valence-corrected chi connectivity index (χ0v) is 13.8. The molecule has 0 radical (unpaired) electrons. The Bertz CT molecular complexity index is 429. The van der Waals surface area contributed by atoms with E-state index in [1.54, 1.807) is 6.07 Å². The first kappa shape index (κ1) is 17.9. The average Bonchev–Trinajstić information content (AvgIpc) is 2.45. The van der Waals surface area contributed by atoms with Crippen LogP contribution in [-0.2, 0) is 6.42 Å². The first-order valence-corrected chi connectivity index (χ1v) is 8.31. The number of hydrogen-bond acceptors (Lipinski definition) is 2. The third kappa shape index (κ3) is 6.90. The number of benzene rings is 1. The molecule has 0 aliphatic heterocycles. The van der Waals surface area contributed by atoms with Crippen molar-refractivity contribution >= 4 is 5.78 Å². The third-order valence-corrected chi connectivity index (χ3v) is 3.81. The predicted octanol–water partition coefficient (Wildman–Crippen LogP) is 4.93. The van der Waals surface area contributed by atoms with Crippen molar-refractivity contribution in [3.8, 4) is 0 Å². The zero-order valence-electron chi connectivity index (χ0n) is 13.8. The van der Waals surface area contributed by atoms with E-state index in [1.807, 2.05) is 12.1 Å². The standard InChI is InChI=1S/C19H30O2/c1-4-5-6-7-8-9-10-12-16-13-11-14-17(15-16)18(20)19(2,3)21/h11,13-15,21H,4-10,12H2,1-3H3. The van der Waals surface area contributed by atoms with E-state index in [0.29, 0.717) is 5.56 Å². The maximum atomic E-state index is 12.0. The molecule has 2 nitrogen and oxygen atoms in total. The van der Waals surface area contributed by atoms with Crippen molar-refractivity contribution in [2.24, 2.45) is 0 Å². The molecule has 0 atom stereocenters. The molecule has 118 valence electrons. The van der Waals surface area contributed by atoms with Gasteiger partial charge < -0.3 is 5.11 Å². The second-order valence-electron chi connectivity index (χ2n) is 6.46. The van der Waals surface area contributed by atoms with Gasteiger partial charge in [-0.2, -0.15) is 0 Å². The topological polar surface area (TPSA) is 37.3 Å². The van der Waals surface area contributed by atoms with Crippen LogP contribution in [0.1, 0.15) is 81.6 Å². The monoisotopic (exact) mass is 290 g/mol. The van der Waals surface area contributed by atoms with Gasteiger partial charge in [0, 0.05) is 5.56 Å². The van der Waals surface area contributed by atoms with Crippen molar-refractivity contribution in [1.29, 1.82) is 0 Å². The second-order valence-corrected chi connectivity index (χ2v) is 6.46. The first-order chi connectivity index (χ1) is 9.95. The maximum absolute atomic E-state index is 12.0. The smallest absolute Gasteiger partial charge is 0.193 e. The highest BCUT2D eigenvalue weighted by Crippen LogP contribution is 2.16. The van der Waals surface area contributed by atoms with Crippen LogP contribution in [0.4, 0.5) is 0 Å². The molecule has 0 heterocycles. The summed E-state index contributed by atoms with van der Waals surface area (Å²) in [6.07, 6.45) is 10.1. The number of ketones is 1. The number of Topliss-reactive ketones (excluding diaryl/α,β-unsaturated/α-hetero) is 1. The van der Waals surface area contributed by atoms with Crippen molar-refractivity contribution in [2.45, 2.75) is 77.7 Å². The number of hydrogen-bond donors (Lipinski definition) is 1. The lowest BCUT2D eigenvalue weighted by molar-refractivity contribution is 0.0488. The van der Waals surface area contributed by atoms with E-state index in [9.17, 15) is 9.90 Å². The van der Waals surface area contributed by atoms with Crippen molar-refractivity contribution in [3.63, 3.8) is 0 Å². The maximum Gasteiger partial charge on any atom is 0.193 e. The van der Waals surface area contributed by atoms with Crippen molar-refractivity contribution in [2.75, 3.05) is 0 Å². The van der Waals surface area contributed by atoms with Crippen LogP contribution < -0.4 is 0 Å². The molecule has 0 aliphatic rings. The van der Waals surface area contributed by atoms with Crippen LogP contribution in [0.5, 0.6) is 0 Å². The lowest BCUT2D eigenvalue weighted by atomic mass is 9.94. The summed E-state index contributed by atoms with van der Waals surface area (Å²) in [5, 5.41) is 9.80. The zero-order chi connectivity index (χ0) is 15.7. The quantitative estimate of drug-likeness (QED) is 0.490. The minimum atomic E-state index is -1.29. The van der Waals surface area contributed by atoms with E-state index in [-0.39, 0.29) is 5.78 Å². The van der Waals surface area contributed by atoms with Gasteiger partial charge in [-0.05, 0) is 38.3 Å². The van der Waals surface area contributed by atoms with Gasteiger partial charge in [-0.25, -0.2) is 0 Å². The minimum absolute atomic E-state index is 0.205. The van der Waals surface area contributed by atoms with E-state index in [2.05, 4.69) is 13.0 Å². The van der Waals surface area contributed by atoms with E-state index in [4.69, 9.17) is 0 Å². The van der Waals surface area contributed by atoms with Gasteiger partial charge >= 0.3 is 0 Å². The lowest BCUT2D eigenvalue weighted by Gasteiger charge is -2.16. The molecule has 0 aromatic heterocycles. The molecule has 0 saturated heterocycles. The summed E-state index contributed by atoms with van der Waals surface area (Å²) in [7, 11) is 0. The number of unbranched alkanes of at least 4 members (excludes halogenated alkanes) is 6. The summed E-state index contributed by atoms with van der Waals surface area (Å²) in [5.74, 6) is -0.205. The Hall–Kier alpha value is -1.15. The molecule has 0 bridgehead atoms. The van der Waals surface area contributed by atoms with Crippen LogP contribution in [0.3, 0.4) is 0 Å². The molecular weight excluding hydrogens is 260 g/mol. The van der Waals surface area contributed by atoms with Gasteiger partial charge in [0.25, 0.3) is 0 Å². The molecule has 0 aliphatic carbocycles. The number of aryl methyl sites for hydroxylation is 1. The number of carbonyl (C=O) groups is 1. The average molecular weight is 290 g/mol. The molecule has 1 aromatic carbocycles. The van der Waals surface area contributed by atoms with Gasteiger partial charge in [0.1, 0.15) is 5.60 Å². The molecule has 0 spiro atoms. The van der Waals surface area contributed by atoms with Gasteiger partial charge in [0.2, 0.25) is 0 Å². The summed E-state index contributed by atoms with van der Waals surface area (Å²) in [5.41, 5.74) is 0.513. The minimum Gasteiger partial charge on any atom is -0.382 e. The van der Waals surface area contributed by atoms with E-state index in [0.717, 1.165) is 6.42 Å². The van der Waals surface area contributed by atoms with E-state index < -0.39 is 5.60 Å². The van der Waals surface area contributed by atoms with E-state index in [1.165, 1.54) is 64.4 Å². The van der Waals surface area contributed by atoms with Gasteiger partial charge in [-0.1, -0.05) is 63.6 Å². The summed E-state index contributed by atoms with van der Waals surface area (Å²) >= 11 is 0. The Labute approximate surface area is 129 Å². The van der Waals surface area contributed by atoms with Crippen LogP contribution >= 0.6 is 0 Å². The Balaban J connectivity index is 2.38. The highest BCUT2D eigenvalue weighted by molar-refractivity contribution is 6.01. The SMILES string of the molecule is CCCCCCCCCc1cccc(C(=O)C(C)(C)O)c1. The predicted molar refractivity (Wildman–Crippen MR) is 88.8 cm³/mol. The largest absolute Gasteiger partial charge is 0.382 e. The van der Waals surface area contributed by atoms with Crippen LogP contribution in [-0.4, -0.2) is 16.5 Å². The van der Waals surface area contributed by atoms with Crippen molar-refractivity contribution in [3.05, 3.63) is 35.4 Å². The van der Waals surface area contributed by atoms with Crippen LogP contribution in [0, 0.1) is 0 Å². The molecule has 0 saturated carbocycles. The van der Waals surface area contributed by atoms with Crippen molar-refractivity contribution < 1.29 is 9.90 Å². The van der Waals surface area contributed by atoms with Gasteiger partial charge in [0.05, 0.1) is 0 Å². The molecule has 21 heavy (non-hydrogen) atoms. The third-order valence-electron chi connectivity index (χ3n) is 3.81. The van der Waals surface area contributed by atoms with Crippen LogP contribution in [0.15, 0.2) is 24.3 Å². The molecule has 1 aromatic rings. The fourth-order valence-corrected chi connectivity index (χ4v) is 2.51. The Morgan fingerprint density at radius 3 is 2.29 bits per heavy atom.